The van der Waals surface area contributed by atoms with Crippen LogP contribution in [0.5, 0.6) is 0 Å². The van der Waals surface area contributed by atoms with Gasteiger partial charge in [-0.3, -0.25) is 14.5 Å². The number of nitrogens with zero attached hydrogens (tertiary/aromatic N) is 3. The lowest BCUT2D eigenvalue weighted by Gasteiger charge is -2.37. The molecule has 4 fully saturated rings. The zero-order valence-electron chi connectivity index (χ0n) is 13.9. The Morgan fingerprint density at radius 3 is 2.57 bits per heavy atom. The Morgan fingerprint density at radius 2 is 1.91 bits per heavy atom. The summed E-state index contributed by atoms with van der Waals surface area (Å²) in [6.45, 7) is 6.43. The molecule has 4 rings (SSSR count). The standard InChI is InChI=1S/C17H27N3O3/c1-12(21)18-6-4-14(5-7-18)19-9-15-16(10-19)23-11-17(22)20(15)8-13-2-3-13/h13-16H,2-11H2,1H3/t15-,16+/m1/s1. The van der Waals surface area contributed by atoms with Gasteiger partial charge in [-0.15, -0.1) is 0 Å². The van der Waals surface area contributed by atoms with Gasteiger partial charge in [0.15, 0.2) is 0 Å². The van der Waals surface area contributed by atoms with Gasteiger partial charge >= 0.3 is 0 Å². The topological polar surface area (TPSA) is 53.1 Å². The molecule has 6 nitrogen and oxygen atoms in total. The Balaban J connectivity index is 1.37. The molecule has 0 bridgehead atoms. The van der Waals surface area contributed by atoms with Gasteiger partial charge in [0.25, 0.3) is 0 Å². The molecule has 1 saturated carbocycles. The van der Waals surface area contributed by atoms with E-state index < -0.39 is 0 Å². The van der Waals surface area contributed by atoms with Gasteiger partial charge in [0.2, 0.25) is 11.8 Å². The third-order valence-corrected chi connectivity index (χ3v) is 5.98. The third kappa shape index (κ3) is 3.11. The maximum Gasteiger partial charge on any atom is 0.248 e. The fourth-order valence-electron chi connectivity index (χ4n) is 4.35. The van der Waals surface area contributed by atoms with E-state index >= 15 is 0 Å². The van der Waals surface area contributed by atoms with Crippen molar-refractivity contribution >= 4 is 11.8 Å². The molecule has 6 heteroatoms. The van der Waals surface area contributed by atoms with E-state index in [-0.39, 0.29) is 30.6 Å². The summed E-state index contributed by atoms with van der Waals surface area (Å²) in [5.74, 6) is 1.08. The molecule has 0 aromatic rings. The van der Waals surface area contributed by atoms with Crippen molar-refractivity contribution < 1.29 is 14.3 Å². The number of hydrogen-bond acceptors (Lipinski definition) is 4. The van der Waals surface area contributed by atoms with Crippen molar-refractivity contribution in [3.05, 3.63) is 0 Å². The van der Waals surface area contributed by atoms with Gasteiger partial charge in [-0.25, -0.2) is 0 Å². The number of ether oxygens (including phenoxy) is 1. The molecular weight excluding hydrogens is 294 g/mol. The molecular formula is C17H27N3O3. The number of rotatable bonds is 3. The van der Waals surface area contributed by atoms with Crippen molar-refractivity contribution in [2.75, 3.05) is 39.3 Å². The Hall–Kier alpha value is -1.14. The number of hydrogen-bond donors (Lipinski definition) is 0. The number of piperidine rings is 1. The molecule has 2 amide bonds. The Morgan fingerprint density at radius 1 is 1.17 bits per heavy atom. The van der Waals surface area contributed by atoms with E-state index in [4.69, 9.17) is 4.74 Å². The summed E-state index contributed by atoms with van der Waals surface area (Å²) in [6.07, 6.45) is 4.80. The summed E-state index contributed by atoms with van der Waals surface area (Å²) in [5, 5.41) is 0. The van der Waals surface area contributed by atoms with Crippen LogP contribution in [0.3, 0.4) is 0 Å². The van der Waals surface area contributed by atoms with Gasteiger partial charge < -0.3 is 14.5 Å². The minimum Gasteiger partial charge on any atom is -0.365 e. The molecule has 0 unspecified atom stereocenters. The highest BCUT2D eigenvalue weighted by Gasteiger charge is 2.46. The zero-order valence-corrected chi connectivity index (χ0v) is 13.9. The van der Waals surface area contributed by atoms with Crippen LogP contribution in [-0.2, 0) is 14.3 Å². The van der Waals surface area contributed by atoms with E-state index in [9.17, 15) is 9.59 Å². The molecule has 4 aliphatic rings. The molecule has 3 aliphatic heterocycles. The minimum atomic E-state index is 0.173. The second kappa shape index (κ2) is 6.06. The number of fused-ring (bicyclic) bond motifs is 1. The number of carbonyl (C=O) groups excluding carboxylic acids is 2. The van der Waals surface area contributed by atoms with Crippen LogP contribution in [0.15, 0.2) is 0 Å². The maximum atomic E-state index is 12.2. The van der Waals surface area contributed by atoms with Crippen molar-refractivity contribution in [2.45, 2.75) is 50.8 Å². The SMILES string of the molecule is CC(=O)N1CCC(N2C[C@@H]3OCC(=O)N(CC4CC4)[C@@H]3C2)CC1. The van der Waals surface area contributed by atoms with Crippen molar-refractivity contribution in [3.63, 3.8) is 0 Å². The average Bonchev–Trinajstić information content (AvgIpc) is 3.26. The number of amides is 2. The van der Waals surface area contributed by atoms with E-state index in [0.717, 1.165) is 51.5 Å². The molecule has 0 radical (unpaired) electrons. The fourth-order valence-corrected chi connectivity index (χ4v) is 4.35. The maximum absolute atomic E-state index is 12.2. The van der Waals surface area contributed by atoms with Crippen LogP contribution in [0.1, 0.15) is 32.6 Å². The highest BCUT2D eigenvalue weighted by Crippen LogP contribution is 2.34. The lowest BCUT2D eigenvalue weighted by atomic mass is 10.0. The molecule has 23 heavy (non-hydrogen) atoms. The molecule has 0 aromatic carbocycles. The predicted octanol–water partition coefficient (Wildman–Crippen LogP) is 0.319. The molecule has 3 saturated heterocycles. The van der Waals surface area contributed by atoms with Gasteiger partial charge in [0, 0.05) is 45.7 Å². The number of likely N-dealkylation sites (tertiary alicyclic amines) is 2. The first-order valence-corrected chi connectivity index (χ1v) is 9.02. The Labute approximate surface area is 137 Å². The lowest BCUT2D eigenvalue weighted by Crippen LogP contribution is -2.54. The predicted molar refractivity (Wildman–Crippen MR) is 84.8 cm³/mol. The van der Waals surface area contributed by atoms with Crippen molar-refractivity contribution in [1.82, 2.24) is 14.7 Å². The summed E-state index contributed by atoms with van der Waals surface area (Å²) in [7, 11) is 0. The molecule has 128 valence electrons. The summed E-state index contributed by atoms with van der Waals surface area (Å²) in [6, 6.07) is 0.764. The van der Waals surface area contributed by atoms with E-state index in [2.05, 4.69) is 9.80 Å². The Kier molecular flexibility index (Phi) is 4.05. The van der Waals surface area contributed by atoms with Crippen LogP contribution < -0.4 is 0 Å². The van der Waals surface area contributed by atoms with Gasteiger partial charge in [-0.1, -0.05) is 0 Å². The average molecular weight is 321 g/mol. The van der Waals surface area contributed by atoms with E-state index in [1.807, 2.05) is 4.90 Å². The van der Waals surface area contributed by atoms with Crippen LogP contribution in [0.4, 0.5) is 0 Å². The van der Waals surface area contributed by atoms with Gasteiger partial charge in [0.05, 0.1) is 12.1 Å². The molecule has 2 atom stereocenters. The van der Waals surface area contributed by atoms with Gasteiger partial charge in [-0.2, -0.15) is 0 Å². The first-order valence-electron chi connectivity index (χ1n) is 9.02. The number of carbonyl (C=O) groups is 2. The monoisotopic (exact) mass is 321 g/mol. The zero-order chi connectivity index (χ0) is 16.0. The first-order chi connectivity index (χ1) is 11.1. The normalized spacial score (nSPS) is 33.2. The van der Waals surface area contributed by atoms with Crippen LogP contribution in [0.25, 0.3) is 0 Å². The molecule has 0 spiro atoms. The summed E-state index contributed by atoms with van der Waals surface area (Å²) < 4.78 is 5.83. The minimum absolute atomic E-state index is 0.173. The molecule has 3 heterocycles. The first kappa shape index (κ1) is 15.4. The third-order valence-electron chi connectivity index (χ3n) is 5.98. The van der Waals surface area contributed by atoms with Crippen LogP contribution >= 0.6 is 0 Å². The lowest BCUT2D eigenvalue weighted by molar-refractivity contribution is -0.153. The van der Waals surface area contributed by atoms with Gasteiger partial charge in [-0.05, 0) is 31.6 Å². The summed E-state index contributed by atoms with van der Waals surface area (Å²) in [4.78, 5) is 30.3. The highest BCUT2D eigenvalue weighted by atomic mass is 16.5. The van der Waals surface area contributed by atoms with Crippen molar-refractivity contribution in [1.29, 1.82) is 0 Å². The quantitative estimate of drug-likeness (QED) is 0.751. The smallest absolute Gasteiger partial charge is 0.248 e. The summed E-state index contributed by atoms with van der Waals surface area (Å²) >= 11 is 0. The fraction of sp³-hybridized carbons (Fsp3) is 0.882. The van der Waals surface area contributed by atoms with Crippen molar-refractivity contribution in [2.24, 2.45) is 5.92 Å². The molecule has 0 N–H and O–H groups in total. The second-order valence-electron chi connectivity index (χ2n) is 7.60. The van der Waals surface area contributed by atoms with E-state index in [1.54, 1.807) is 6.92 Å². The van der Waals surface area contributed by atoms with Gasteiger partial charge in [0.1, 0.15) is 6.61 Å². The molecule has 1 aliphatic carbocycles. The highest BCUT2D eigenvalue weighted by molar-refractivity contribution is 5.78. The van der Waals surface area contributed by atoms with E-state index in [1.165, 1.54) is 12.8 Å². The summed E-state index contributed by atoms with van der Waals surface area (Å²) in [5.41, 5.74) is 0. The van der Waals surface area contributed by atoms with Crippen LogP contribution in [0.2, 0.25) is 0 Å². The number of morpholine rings is 1. The van der Waals surface area contributed by atoms with Crippen LogP contribution in [0, 0.1) is 5.92 Å². The van der Waals surface area contributed by atoms with Crippen molar-refractivity contribution in [3.8, 4) is 0 Å². The second-order valence-corrected chi connectivity index (χ2v) is 7.60. The van der Waals surface area contributed by atoms with Crippen LogP contribution in [-0.4, -0.2) is 84.0 Å². The Bertz CT molecular complexity index is 485. The van der Waals surface area contributed by atoms with E-state index in [0.29, 0.717) is 6.04 Å². The largest absolute Gasteiger partial charge is 0.365 e. The molecule has 0 aromatic heterocycles.